The lowest BCUT2D eigenvalue weighted by molar-refractivity contribution is -0.384. The second kappa shape index (κ2) is 6.87. The Labute approximate surface area is 117 Å². The van der Waals surface area contributed by atoms with Gasteiger partial charge in [-0.15, -0.1) is 0 Å². The maximum absolute atomic E-state index is 10.8. The number of non-ortho nitro benzene ring substituents is 1. The second-order valence-corrected chi connectivity index (χ2v) is 4.68. The summed E-state index contributed by atoms with van der Waals surface area (Å²) in [7, 11) is -1.38. The van der Waals surface area contributed by atoms with Gasteiger partial charge in [-0.25, -0.2) is 0 Å². The normalized spacial score (nSPS) is 10.8. The van der Waals surface area contributed by atoms with Crippen LogP contribution in [-0.4, -0.2) is 4.92 Å². The molecular formula is C14H14NO4P. The number of nitro benzene ring substituents is 1. The zero-order valence-electron chi connectivity index (χ0n) is 10.7. The van der Waals surface area contributed by atoms with E-state index in [1.807, 2.05) is 30.3 Å². The number of hydrogen-bond donors (Lipinski definition) is 0. The average Bonchev–Trinajstić information content (AvgIpc) is 2.47. The minimum Gasteiger partial charge on any atom is -0.447 e. The minimum absolute atomic E-state index is 0.0151. The van der Waals surface area contributed by atoms with E-state index in [1.165, 1.54) is 18.2 Å². The fraction of sp³-hybridized carbons (Fsp3) is 0.143. The standard InChI is InChI=1S/C14H14NO4P/c16-15(17)13-8-9-14(19-20-18)12(10-13)7-6-11-4-2-1-3-5-11/h1-5,8-10H,6-7,20H2. The molecule has 0 aliphatic carbocycles. The maximum atomic E-state index is 10.8. The molecule has 0 heterocycles. The molecule has 104 valence electrons. The van der Waals surface area contributed by atoms with E-state index >= 15 is 0 Å². The third-order valence-electron chi connectivity index (χ3n) is 2.96. The van der Waals surface area contributed by atoms with Gasteiger partial charge in [0.25, 0.3) is 5.69 Å². The highest BCUT2D eigenvalue weighted by Gasteiger charge is 2.11. The topological polar surface area (TPSA) is 69.4 Å². The highest BCUT2D eigenvalue weighted by molar-refractivity contribution is 7.17. The van der Waals surface area contributed by atoms with Crippen LogP contribution in [0.25, 0.3) is 0 Å². The van der Waals surface area contributed by atoms with E-state index in [-0.39, 0.29) is 5.69 Å². The minimum atomic E-state index is -1.38. The predicted octanol–water partition coefficient (Wildman–Crippen LogP) is 3.43. The van der Waals surface area contributed by atoms with Gasteiger partial charge in [-0.05, 0) is 24.5 Å². The Hall–Kier alpha value is -2.13. The van der Waals surface area contributed by atoms with Crippen molar-refractivity contribution in [1.29, 1.82) is 0 Å². The SMILES string of the molecule is O=[PH2]Oc1ccc([N+](=O)[O-])cc1CCc1ccccc1. The van der Waals surface area contributed by atoms with Gasteiger partial charge >= 0.3 is 0 Å². The zero-order chi connectivity index (χ0) is 14.4. The molecule has 6 heteroatoms. The summed E-state index contributed by atoms with van der Waals surface area (Å²) in [5, 5.41) is 10.8. The fourth-order valence-corrected chi connectivity index (χ4v) is 2.30. The van der Waals surface area contributed by atoms with Crippen molar-refractivity contribution in [3.8, 4) is 5.75 Å². The molecule has 0 bridgehead atoms. The van der Waals surface area contributed by atoms with E-state index in [0.29, 0.717) is 17.7 Å². The summed E-state index contributed by atoms with van der Waals surface area (Å²) in [5.74, 6) is 0.455. The van der Waals surface area contributed by atoms with Crippen LogP contribution in [0.2, 0.25) is 0 Å². The van der Waals surface area contributed by atoms with Crippen LogP contribution in [0.5, 0.6) is 5.75 Å². The lowest BCUT2D eigenvalue weighted by Crippen LogP contribution is -1.96. The Morgan fingerprint density at radius 2 is 1.85 bits per heavy atom. The number of nitrogens with zero attached hydrogens (tertiary/aromatic N) is 1. The summed E-state index contributed by atoms with van der Waals surface area (Å²) in [4.78, 5) is 10.4. The Morgan fingerprint density at radius 3 is 2.50 bits per heavy atom. The molecule has 0 radical (unpaired) electrons. The number of hydrogen-bond acceptors (Lipinski definition) is 4. The molecule has 0 saturated carbocycles. The van der Waals surface area contributed by atoms with Crippen LogP contribution in [0, 0.1) is 10.1 Å². The predicted molar refractivity (Wildman–Crippen MR) is 78.0 cm³/mol. The van der Waals surface area contributed by atoms with Gasteiger partial charge in [0.15, 0.2) is 0 Å². The van der Waals surface area contributed by atoms with Gasteiger partial charge < -0.3 is 4.52 Å². The van der Waals surface area contributed by atoms with Crippen molar-refractivity contribution in [2.45, 2.75) is 12.8 Å². The molecule has 0 fully saturated rings. The zero-order valence-corrected chi connectivity index (χ0v) is 11.8. The third-order valence-corrected chi connectivity index (χ3v) is 3.31. The molecule has 0 aliphatic rings. The molecule has 0 amide bonds. The third kappa shape index (κ3) is 3.68. The molecule has 1 unspecified atom stereocenters. The van der Waals surface area contributed by atoms with Crippen LogP contribution in [0.3, 0.4) is 0 Å². The van der Waals surface area contributed by atoms with Crippen molar-refractivity contribution in [3.63, 3.8) is 0 Å². The Morgan fingerprint density at radius 1 is 1.10 bits per heavy atom. The van der Waals surface area contributed by atoms with Crippen molar-refractivity contribution in [1.82, 2.24) is 0 Å². The molecule has 5 nitrogen and oxygen atoms in total. The Kier molecular flexibility index (Phi) is 4.91. The maximum Gasteiger partial charge on any atom is 0.269 e. The average molecular weight is 291 g/mol. The van der Waals surface area contributed by atoms with Gasteiger partial charge in [-0.3, -0.25) is 14.7 Å². The number of benzene rings is 2. The van der Waals surface area contributed by atoms with Crippen LogP contribution >= 0.6 is 8.69 Å². The van der Waals surface area contributed by atoms with Crippen molar-refractivity contribution < 1.29 is 14.0 Å². The lowest BCUT2D eigenvalue weighted by Gasteiger charge is -2.08. The monoisotopic (exact) mass is 291 g/mol. The molecule has 2 rings (SSSR count). The van der Waals surface area contributed by atoms with E-state index < -0.39 is 13.6 Å². The molecule has 2 aromatic rings. The number of aryl methyl sites for hydroxylation is 2. The number of nitro groups is 1. The first-order chi connectivity index (χ1) is 9.70. The summed E-state index contributed by atoms with van der Waals surface area (Å²) >= 11 is 0. The van der Waals surface area contributed by atoms with Gasteiger partial charge in [-0.2, -0.15) is 0 Å². The van der Waals surface area contributed by atoms with Gasteiger partial charge in [0.2, 0.25) is 8.69 Å². The first-order valence-electron chi connectivity index (χ1n) is 6.12. The summed E-state index contributed by atoms with van der Waals surface area (Å²) in [6.07, 6.45) is 1.34. The first kappa shape index (κ1) is 14.3. The van der Waals surface area contributed by atoms with Gasteiger partial charge in [0, 0.05) is 17.7 Å². The van der Waals surface area contributed by atoms with Gasteiger partial charge in [0.1, 0.15) is 5.75 Å². The molecule has 0 N–H and O–H groups in total. The smallest absolute Gasteiger partial charge is 0.269 e. The summed E-state index contributed by atoms with van der Waals surface area (Å²) in [6, 6.07) is 14.2. The summed E-state index contributed by atoms with van der Waals surface area (Å²) in [5.41, 5.74) is 1.85. The largest absolute Gasteiger partial charge is 0.447 e. The van der Waals surface area contributed by atoms with Crippen molar-refractivity contribution in [2.75, 3.05) is 0 Å². The quantitative estimate of drug-likeness (QED) is 0.464. The number of rotatable bonds is 6. The highest BCUT2D eigenvalue weighted by atomic mass is 31.1. The van der Waals surface area contributed by atoms with Crippen LogP contribution < -0.4 is 4.52 Å². The van der Waals surface area contributed by atoms with E-state index in [2.05, 4.69) is 0 Å². The second-order valence-electron chi connectivity index (χ2n) is 4.25. The van der Waals surface area contributed by atoms with E-state index in [9.17, 15) is 14.7 Å². The highest BCUT2D eigenvalue weighted by Crippen LogP contribution is 2.27. The summed E-state index contributed by atoms with van der Waals surface area (Å²) in [6.45, 7) is 0. The fourth-order valence-electron chi connectivity index (χ4n) is 1.97. The molecule has 0 saturated heterocycles. The van der Waals surface area contributed by atoms with Crippen molar-refractivity contribution in [3.05, 3.63) is 69.8 Å². The molecule has 20 heavy (non-hydrogen) atoms. The lowest BCUT2D eigenvalue weighted by atomic mass is 10.0. The molecule has 0 aromatic heterocycles. The van der Waals surface area contributed by atoms with E-state index in [0.717, 1.165) is 12.0 Å². The summed E-state index contributed by atoms with van der Waals surface area (Å²) < 4.78 is 15.7. The van der Waals surface area contributed by atoms with Gasteiger partial charge in [0.05, 0.1) is 4.92 Å². The van der Waals surface area contributed by atoms with Crippen LogP contribution in [0.4, 0.5) is 5.69 Å². The molecule has 0 spiro atoms. The van der Waals surface area contributed by atoms with E-state index in [1.54, 1.807) is 0 Å². The van der Waals surface area contributed by atoms with Crippen LogP contribution in [0.15, 0.2) is 48.5 Å². The molecular weight excluding hydrogens is 277 g/mol. The van der Waals surface area contributed by atoms with Crippen LogP contribution in [0.1, 0.15) is 11.1 Å². The van der Waals surface area contributed by atoms with Crippen molar-refractivity contribution in [2.24, 2.45) is 0 Å². The molecule has 1 atom stereocenters. The Bertz CT molecular complexity index is 616. The first-order valence-corrected chi connectivity index (χ1v) is 7.06. The molecule has 2 aromatic carbocycles. The van der Waals surface area contributed by atoms with Crippen molar-refractivity contribution >= 4 is 14.4 Å². The van der Waals surface area contributed by atoms with E-state index in [4.69, 9.17) is 4.52 Å². The van der Waals surface area contributed by atoms with Crippen LogP contribution in [-0.2, 0) is 17.4 Å². The van der Waals surface area contributed by atoms with Gasteiger partial charge in [-0.1, -0.05) is 30.3 Å². The Balaban J connectivity index is 2.21. The molecule has 0 aliphatic heterocycles.